The first-order valence-electron chi connectivity index (χ1n) is 9.74. The van der Waals surface area contributed by atoms with Crippen LogP contribution in [0.25, 0.3) is 0 Å². The maximum Gasteiger partial charge on any atom is 0.410 e. The van der Waals surface area contributed by atoms with Crippen molar-refractivity contribution in [3.05, 3.63) is 17.5 Å². The van der Waals surface area contributed by atoms with Gasteiger partial charge in [0.15, 0.2) is 0 Å². The van der Waals surface area contributed by atoms with Crippen LogP contribution in [0.4, 0.5) is 10.7 Å². The highest BCUT2D eigenvalue weighted by Crippen LogP contribution is 2.34. The number of anilines is 1. The molecule has 2 amide bonds. The molecule has 2 saturated heterocycles. The zero-order valence-corrected chi connectivity index (χ0v) is 16.4. The Labute approximate surface area is 160 Å². The van der Waals surface area contributed by atoms with E-state index in [0.717, 1.165) is 19.4 Å². The Kier molecular flexibility index (Phi) is 5.53. The Morgan fingerprint density at radius 2 is 1.96 bits per heavy atom. The Morgan fingerprint density at radius 1 is 1.30 bits per heavy atom. The van der Waals surface area contributed by atoms with Crippen LogP contribution < -0.4 is 5.73 Å². The van der Waals surface area contributed by atoms with Crippen molar-refractivity contribution >= 4 is 17.9 Å². The number of aryl methyl sites for hydroxylation is 1. The maximum atomic E-state index is 12.7. The first-order chi connectivity index (χ1) is 12.9. The Balaban J connectivity index is 1.61. The average Bonchev–Trinajstić information content (AvgIpc) is 2.93. The van der Waals surface area contributed by atoms with Gasteiger partial charge >= 0.3 is 6.09 Å². The quantitative estimate of drug-likeness (QED) is 0.847. The second kappa shape index (κ2) is 7.70. The van der Waals surface area contributed by atoms with E-state index in [2.05, 4.69) is 23.8 Å². The molecule has 2 aliphatic heterocycles. The van der Waals surface area contributed by atoms with Gasteiger partial charge < -0.3 is 20.3 Å². The van der Waals surface area contributed by atoms with Gasteiger partial charge in [0.25, 0.3) is 5.91 Å². The van der Waals surface area contributed by atoms with Gasteiger partial charge in [0.1, 0.15) is 11.3 Å². The van der Waals surface area contributed by atoms with E-state index >= 15 is 0 Å². The van der Waals surface area contributed by atoms with Gasteiger partial charge in [-0.3, -0.25) is 4.79 Å². The molecule has 0 atom stereocenters. The van der Waals surface area contributed by atoms with Crippen LogP contribution in [0.15, 0.2) is 6.07 Å². The highest BCUT2D eigenvalue weighted by atomic mass is 16.6. The highest BCUT2D eigenvalue weighted by molar-refractivity contribution is 5.92. The second-order valence-corrected chi connectivity index (χ2v) is 7.66. The van der Waals surface area contributed by atoms with Gasteiger partial charge in [0.2, 0.25) is 5.95 Å². The summed E-state index contributed by atoms with van der Waals surface area (Å²) in [6, 6.07) is 1.65. The zero-order valence-electron chi connectivity index (χ0n) is 16.4. The molecule has 0 aromatic carbocycles. The summed E-state index contributed by atoms with van der Waals surface area (Å²) in [4.78, 5) is 36.7. The molecule has 3 rings (SSSR count). The number of nitrogens with two attached hydrogens (primary N) is 1. The molecule has 0 bridgehead atoms. The largest absolute Gasteiger partial charge is 0.441 e. The standard InChI is InChI=1S/C19H29N5O3/c1-4-14(5-2)11-24-12-19(27-18(24)26)6-8-23(9-7-19)16(25)15-10-13(3)21-17(20)22-15/h10,14H,4-9,11-12H2,1-3H3,(H2,20,21,22). The number of carbonyl (C=O) groups excluding carboxylic acids is 2. The van der Waals surface area contributed by atoms with Crippen molar-refractivity contribution in [1.82, 2.24) is 19.8 Å². The number of carbonyl (C=O) groups is 2. The van der Waals surface area contributed by atoms with E-state index in [1.165, 1.54) is 0 Å². The number of hydrogen-bond acceptors (Lipinski definition) is 6. The fourth-order valence-electron chi connectivity index (χ4n) is 3.93. The number of likely N-dealkylation sites (tertiary alicyclic amines) is 1. The molecular weight excluding hydrogens is 346 g/mol. The lowest BCUT2D eigenvalue weighted by Gasteiger charge is -2.37. The number of aromatic nitrogens is 2. The van der Waals surface area contributed by atoms with Crippen molar-refractivity contribution in [3.63, 3.8) is 0 Å². The van der Waals surface area contributed by atoms with Crippen LogP contribution in [-0.2, 0) is 4.74 Å². The molecule has 27 heavy (non-hydrogen) atoms. The van der Waals surface area contributed by atoms with Gasteiger partial charge in [-0.25, -0.2) is 14.8 Å². The molecule has 1 aromatic rings. The first-order valence-corrected chi connectivity index (χ1v) is 9.74. The molecule has 1 spiro atoms. The molecule has 0 radical (unpaired) electrons. The lowest BCUT2D eigenvalue weighted by molar-refractivity contribution is 0.00294. The number of nitrogens with zero attached hydrogens (tertiary/aromatic N) is 4. The van der Waals surface area contributed by atoms with Gasteiger partial charge in [0.05, 0.1) is 6.54 Å². The van der Waals surface area contributed by atoms with Gasteiger partial charge in [-0.1, -0.05) is 26.7 Å². The van der Waals surface area contributed by atoms with Crippen LogP contribution in [0.5, 0.6) is 0 Å². The van der Waals surface area contributed by atoms with E-state index in [1.807, 2.05) is 4.90 Å². The van der Waals surface area contributed by atoms with E-state index in [-0.39, 0.29) is 17.9 Å². The minimum atomic E-state index is -0.472. The van der Waals surface area contributed by atoms with Crippen LogP contribution >= 0.6 is 0 Å². The number of rotatable bonds is 5. The Morgan fingerprint density at radius 3 is 2.56 bits per heavy atom. The highest BCUT2D eigenvalue weighted by Gasteiger charge is 2.47. The van der Waals surface area contributed by atoms with E-state index in [4.69, 9.17) is 10.5 Å². The number of amides is 2. The molecule has 2 aliphatic rings. The second-order valence-electron chi connectivity index (χ2n) is 7.66. The lowest BCUT2D eigenvalue weighted by atomic mass is 9.90. The molecule has 148 valence electrons. The first kappa shape index (κ1) is 19.4. The molecular formula is C19H29N5O3. The maximum absolute atomic E-state index is 12.7. The van der Waals surface area contributed by atoms with Crippen molar-refractivity contribution in [3.8, 4) is 0 Å². The van der Waals surface area contributed by atoms with Gasteiger partial charge in [-0.05, 0) is 18.9 Å². The van der Waals surface area contributed by atoms with Crippen LogP contribution in [0.1, 0.15) is 55.7 Å². The lowest BCUT2D eigenvalue weighted by Crippen LogP contribution is -2.49. The molecule has 1 aromatic heterocycles. The summed E-state index contributed by atoms with van der Waals surface area (Å²) < 4.78 is 5.77. The normalized spacial score (nSPS) is 19.0. The van der Waals surface area contributed by atoms with E-state index in [9.17, 15) is 9.59 Å². The van der Waals surface area contributed by atoms with E-state index in [1.54, 1.807) is 17.9 Å². The summed E-state index contributed by atoms with van der Waals surface area (Å²) in [6.45, 7) is 8.52. The van der Waals surface area contributed by atoms with Crippen LogP contribution in [0.2, 0.25) is 0 Å². The fraction of sp³-hybridized carbons (Fsp3) is 0.684. The predicted octanol–water partition coefficient (Wildman–Crippen LogP) is 2.23. The molecule has 8 nitrogen and oxygen atoms in total. The van der Waals surface area contributed by atoms with Crippen molar-refractivity contribution in [2.24, 2.45) is 5.92 Å². The van der Waals surface area contributed by atoms with Gasteiger partial charge in [-0.15, -0.1) is 0 Å². The van der Waals surface area contributed by atoms with Gasteiger partial charge in [-0.2, -0.15) is 0 Å². The van der Waals surface area contributed by atoms with Crippen molar-refractivity contribution in [2.75, 3.05) is 31.9 Å². The third-order valence-corrected chi connectivity index (χ3v) is 5.73. The topological polar surface area (TPSA) is 102 Å². The molecule has 8 heteroatoms. The van der Waals surface area contributed by atoms with E-state index < -0.39 is 5.60 Å². The predicted molar refractivity (Wildman–Crippen MR) is 101 cm³/mol. The smallest absolute Gasteiger partial charge is 0.410 e. The van der Waals surface area contributed by atoms with Crippen LogP contribution in [0.3, 0.4) is 0 Å². The molecule has 0 unspecified atom stereocenters. The fourth-order valence-corrected chi connectivity index (χ4v) is 3.93. The number of nitrogen functional groups attached to an aromatic ring is 1. The minimum Gasteiger partial charge on any atom is -0.441 e. The van der Waals surface area contributed by atoms with Crippen molar-refractivity contribution < 1.29 is 14.3 Å². The van der Waals surface area contributed by atoms with Crippen LogP contribution in [0, 0.1) is 12.8 Å². The number of hydrogen-bond donors (Lipinski definition) is 1. The molecule has 2 fully saturated rings. The molecule has 0 saturated carbocycles. The van der Waals surface area contributed by atoms with Gasteiger partial charge in [0, 0.05) is 38.2 Å². The van der Waals surface area contributed by atoms with Crippen molar-refractivity contribution in [2.45, 2.75) is 52.1 Å². The summed E-state index contributed by atoms with van der Waals surface area (Å²) >= 11 is 0. The average molecular weight is 375 g/mol. The summed E-state index contributed by atoms with van der Waals surface area (Å²) in [5, 5.41) is 0. The summed E-state index contributed by atoms with van der Waals surface area (Å²) in [5.74, 6) is 0.453. The third kappa shape index (κ3) is 4.14. The van der Waals surface area contributed by atoms with Crippen molar-refractivity contribution in [1.29, 1.82) is 0 Å². The SMILES string of the molecule is CCC(CC)CN1CC2(CCN(C(=O)c3cc(C)nc(N)n3)CC2)OC1=O. The Bertz CT molecular complexity index is 691. The third-order valence-electron chi connectivity index (χ3n) is 5.73. The minimum absolute atomic E-state index is 0.105. The summed E-state index contributed by atoms with van der Waals surface area (Å²) in [6.07, 6.45) is 3.17. The summed E-state index contributed by atoms with van der Waals surface area (Å²) in [7, 11) is 0. The summed E-state index contributed by atoms with van der Waals surface area (Å²) in [5.41, 5.74) is 6.17. The molecule has 2 N–H and O–H groups in total. The molecule has 3 heterocycles. The van der Waals surface area contributed by atoms with E-state index in [0.29, 0.717) is 49.8 Å². The molecule has 0 aliphatic carbocycles. The Hall–Kier alpha value is -2.38. The number of piperidine rings is 1. The monoisotopic (exact) mass is 375 g/mol. The zero-order chi connectivity index (χ0) is 19.6. The number of ether oxygens (including phenoxy) is 1. The van der Waals surface area contributed by atoms with Crippen LogP contribution in [-0.4, -0.2) is 63.5 Å².